The molecule has 2 nitrogen and oxygen atoms in total. The average molecular weight is 240 g/mol. The van der Waals surface area contributed by atoms with Gasteiger partial charge in [0.1, 0.15) is 0 Å². The molecule has 1 unspecified atom stereocenters. The van der Waals surface area contributed by atoms with Crippen molar-refractivity contribution in [1.29, 1.82) is 10.5 Å². The van der Waals surface area contributed by atoms with E-state index in [1.54, 1.807) is 0 Å². The molecule has 0 aliphatic carbocycles. The van der Waals surface area contributed by atoms with Crippen LogP contribution in [0.1, 0.15) is 74.6 Å². The third-order valence-electron chi connectivity index (χ3n) is 3.28. The van der Waals surface area contributed by atoms with E-state index in [2.05, 4.69) is 39.8 Å². The van der Waals surface area contributed by atoms with E-state index in [0.717, 1.165) is 22.3 Å². The molecule has 0 saturated heterocycles. The van der Waals surface area contributed by atoms with Gasteiger partial charge >= 0.3 is 0 Å². The van der Waals surface area contributed by atoms with Gasteiger partial charge in [-0.2, -0.15) is 10.5 Å². The van der Waals surface area contributed by atoms with Gasteiger partial charge in [-0.1, -0.05) is 33.8 Å². The van der Waals surface area contributed by atoms with Gasteiger partial charge in [0.05, 0.1) is 23.6 Å². The molecule has 0 radical (unpaired) electrons. The van der Waals surface area contributed by atoms with Crippen LogP contribution in [0, 0.1) is 22.7 Å². The van der Waals surface area contributed by atoms with Crippen molar-refractivity contribution in [3.8, 4) is 12.1 Å². The van der Waals surface area contributed by atoms with E-state index in [1.165, 1.54) is 0 Å². The largest absolute Gasteiger partial charge is 0.198 e. The Balaban J connectivity index is 3.55. The van der Waals surface area contributed by atoms with Gasteiger partial charge in [0.2, 0.25) is 0 Å². The van der Waals surface area contributed by atoms with Crippen LogP contribution >= 0.6 is 0 Å². The minimum absolute atomic E-state index is 0.132. The van der Waals surface area contributed by atoms with Crippen LogP contribution in [0.2, 0.25) is 0 Å². The fourth-order valence-corrected chi connectivity index (χ4v) is 2.17. The SMILES string of the molecule is CC(C)c1cc(C(C)C#N)c(C(C)C)cc1C#N. The van der Waals surface area contributed by atoms with Gasteiger partial charge in [0, 0.05) is 0 Å². The second kappa shape index (κ2) is 5.69. The van der Waals surface area contributed by atoms with Crippen LogP contribution < -0.4 is 0 Å². The summed E-state index contributed by atoms with van der Waals surface area (Å²) < 4.78 is 0. The lowest BCUT2D eigenvalue weighted by molar-refractivity contribution is 0.806. The number of benzene rings is 1. The first-order valence-electron chi connectivity index (χ1n) is 6.39. The predicted molar refractivity (Wildman–Crippen MR) is 73.4 cm³/mol. The molecule has 2 heteroatoms. The first-order chi connectivity index (χ1) is 8.42. The lowest BCUT2D eigenvalue weighted by Crippen LogP contribution is -2.04. The maximum absolute atomic E-state index is 9.25. The van der Waals surface area contributed by atoms with E-state index in [-0.39, 0.29) is 5.92 Å². The highest BCUT2D eigenvalue weighted by atomic mass is 14.3. The van der Waals surface area contributed by atoms with Gasteiger partial charge in [-0.25, -0.2) is 0 Å². The van der Waals surface area contributed by atoms with Gasteiger partial charge in [-0.3, -0.25) is 0 Å². The molecule has 0 aliphatic rings. The van der Waals surface area contributed by atoms with Gasteiger partial charge in [0.25, 0.3) is 0 Å². The second-order valence-electron chi connectivity index (χ2n) is 5.34. The summed E-state index contributed by atoms with van der Waals surface area (Å²) in [5, 5.41) is 18.4. The van der Waals surface area contributed by atoms with Crippen LogP contribution in [0.5, 0.6) is 0 Å². The molecule has 1 rings (SSSR count). The van der Waals surface area contributed by atoms with E-state index in [1.807, 2.05) is 19.1 Å². The van der Waals surface area contributed by atoms with Crippen LogP contribution in [0.15, 0.2) is 12.1 Å². The Kier molecular flexibility index (Phi) is 4.51. The van der Waals surface area contributed by atoms with Crippen LogP contribution in [0.4, 0.5) is 0 Å². The fourth-order valence-electron chi connectivity index (χ4n) is 2.17. The summed E-state index contributed by atoms with van der Waals surface area (Å²) in [5.74, 6) is 0.488. The number of hydrogen-bond donors (Lipinski definition) is 0. The minimum Gasteiger partial charge on any atom is -0.198 e. The second-order valence-corrected chi connectivity index (χ2v) is 5.34. The Morgan fingerprint density at radius 1 is 0.833 bits per heavy atom. The standard InChI is InChI=1S/C16H20N2/c1-10(2)14-7-16(12(5)8-17)15(11(3)4)6-13(14)9-18/h6-7,10-12H,1-5H3. The van der Waals surface area contributed by atoms with Gasteiger partial charge in [-0.05, 0) is 41.5 Å². The van der Waals surface area contributed by atoms with Crippen molar-refractivity contribution < 1.29 is 0 Å². The Morgan fingerprint density at radius 3 is 1.78 bits per heavy atom. The third kappa shape index (κ3) is 2.71. The van der Waals surface area contributed by atoms with Crippen LogP contribution in [0.25, 0.3) is 0 Å². The fraction of sp³-hybridized carbons (Fsp3) is 0.500. The van der Waals surface area contributed by atoms with E-state index in [9.17, 15) is 5.26 Å². The van der Waals surface area contributed by atoms with E-state index in [0.29, 0.717) is 11.8 Å². The van der Waals surface area contributed by atoms with Crippen LogP contribution in [-0.2, 0) is 0 Å². The highest BCUT2D eigenvalue weighted by Crippen LogP contribution is 2.31. The molecule has 0 bridgehead atoms. The normalized spacial score (nSPS) is 12.3. The van der Waals surface area contributed by atoms with Crippen molar-refractivity contribution in [2.75, 3.05) is 0 Å². The zero-order chi connectivity index (χ0) is 13.9. The van der Waals surface area contributed by atoms with Crippen molar-refractivity contribution in [3.05, 3.63) is 34.4 Å². The number of hydrogen-bond acceptors (Lipinski definition) is 2. The monoisotopic (exact) mass is 240 g/mol. The molecular formula is C16H20N2. The van der Waals surface area contributed by atoms with Gasteiger partial charge in [0.15, 0.2) is 0 Å². The molecule has 0 saturated carbocycles. The molecule has 1 aromatic rings. The molecule has 1 atom stereocenters. The molecule has 0 spiro atoms. The van der Waals surface area contributed by atoms with Crippen molar-refractivity contribution >= 4 is 0 Å². The zero-order valence-corrected chi connectivity index (χ0v) is 11.8. The van der Waals surface area contributed by atoms with Crippen molar-refractivity contribution in [3.63, 3.8) is 0 Å². The Hall–Kier alpha value is -1.80. The molecule has 0 heterocycles. The number of nitrogens with zero attached hydrogens (tertiary/aromatic N) is 2. The van der Waals surface area contributed by atoms with Gasteiger partial charge < -0.3 is 0 Å². The van der Waals surface area contributed by atoms with Gasteiger partial charge in [-0.15, -0.1) is 0 Å². The maximum Gasteiger partial charge on any atom is 0.0994 e. The first-order valence-corrected chi connectivity index (χ1v) is 6.39. The van der Waals surface area contributed by atoms with E-state index in [4.69, 9.17) is 5.26 Å². The molecule has 0 aromatic heterocycles. The lowest BCUT2D eigenvalue weighted by Gasteiger charge is -2.19. The number of nitriles is 2. The third-order valence-corrected chi connectivity index (χ3v) is 3.28. The van der Waals surface area contributed by atoms with Crippen LogP contribution in [0.3, 0.4) is 0 Å². The lowest BCUT2D eigenvalue weighted by atomic mass is 9.84. The summed E-state index contributed by atoms with van der Waals surface area (Å²) >= 11 is 0. The number of rotatable bonds is 3. The van der Waals surface area contributed by atoms with Crippen LogP contribution in [-0.4, -0.2) is 0 Å². The molecule has 1 aromatic carbocycles. The highest BCUT2D eigenvalue weighted by Gasteiger charge is 2.17. The summed E-state index contributed by atoms with van der Waals surface area (Å²) in [4.78, 5) is 0. The summed E-state index contributed by atoms with van der Waals surface area (Å²) in [5.41, 5.74) is 3.96. The predicted octanol–water partition coefficient (Wildman–Crippen LogP) is 4.43. The Morgan fingerprint density at radius 2 is 1.39 bits per heavy atom. The summed E-state index contributed by atoms with van der Waals surface area (Å²) in [6.07, 6.45) is 0. The van der Waals surface area contributed by atoms with Crippen molar-refractivity contribution in [2.24, 2.45) is 0 Å². The first kappa shape index (κ1) is 14.3. The maximum atomic E-state index is 9.25. The van der Waals surface area contributed by atoms with Crippen molar-refractivity contribution in [2.45, 2.75) is 52.4 Å². The Bertz CT molecular complexity index is 513. The molecule has 94 valence electrons. The quantitative estimate of drug-likeness (QED) is 0.784. The summed E-state index contributed by atoms with van der Waals surface area (Å²) in [6, 6.07) is 8.58. The summed E-state index contributed by atoms with van der Waals surface area (Å²) in [7, 11) is 0. The minimum atomic E-state index is -0.132. The highest BCUT2D eigenvalue weighted by molar-refractivity contribution is 5.49. The molecule has 0 aliphatic heterocycles. The van der Waals surface area contributed by atoms with E-state index < -0.39 is 0 Å². The molecule has 0 fully saturated rings. The molecular weight excluding hydrogens is 220 g/mol. The molecule has 0 N–H and O–H groups in total. The Labute approximate surface area is 110 Å². The topological polar surface area (TPSA) is 47.6 Å². The smallest absolute Gasteiger partial charge is 0.0994 e. The van der Waals surface area contributed by atoms with Crippen molar-refractivity contribution in [1.82, 2.24) is 0 Å². The molecule has 0 amide bonds. The zero-order valence-electron chi connectivity index (χ0n) is 11.8. The van der Waals surface area contributed by atoms with E-state index >= 15 is 0 Å². The molecule has 18 heavy (non-hydrogen) atoms. The average Bonchev–Trinajstić information content (AvgIpc) is 2.35. The summed E-state index contributed by atoms with van der Waals surface area (Å²) in [6.45, 7) is 10.3.